The van der Waals surface area contributed by atoms with Gasteiger partial charge in [-0.15, -0.1) is 0 Å². The summed E-state index contributed by atoms with van der Waals surface area (Å²) in [5.74, 6) is 0.323. The Kier molecular flexibility index (Phi) is 5.96. The minimum Gasteiger partial charge on any atom is -0.269 e. The van der Waals surface area contributed by atoms with Crippen LogP contribution < -0.4 is 0 Å². The predicted molar refractivity (Wildman–Crippen MR) is 114 cm³/mol. The van der Waals surface area contributed by atoms with Crippen LogP contribution in [-0.2, 0) is 14.8 Å². The van der Waals surface area contributed by atoms with E-state index in [1.807, 2.05) is 6.08 Å². The Hall–Kier alpha value is -1.36. The number of fused-ring (bicyclic) bond motifs is 1. The van der Waals surface area contributed by atoms with Gasteiger partial charge in [-0.25, -0.2) is 12.7 Å². The number of allylic oxidation sites excluding steroid dienone is 5. The standard InChI is InChI=1S/C23H35NO3S/c1-18(2)12-10-8-6-5-7-9-11-13-21(25)24-20-16-19-14-15-23(20,22(19,3)4)17-28(24,26)27/h5-6,11-13,19-20H,7-10,14-17H2,1-4H3/b6-5+,13-11+/t19-,20+,23-/m0/s1. The first-order valence-corrected chi connectivity index (χ1v) is 12.2. The summed E-state index contributed by atoms with van der Waals surface area (Å²) in [5, 5.41) is 0. The van der Waals surface area contributed by atoms with Crippen LogP contribution in [0.2, 0.25) is 0 Å². The maximum Gasteiger partial charge on any atom is 0.259 e. The summed E-state index contributed by atoms with van der Waals surface area (Å²) >= 11 is 0. The number of carbonyl (C=O) groups is 1. The van der Waals surface area contributed by atoms with Gasteiger partial charge in [0.25, 0.3) is 5.91 Å². The molecule has 0 aromatic heterocycles. The van der Waals surface area contributed by atoms with Crippen LogP contribution >= 0.6 is 0 Å². The van der Waals surface area contributed by atoms with Crippen LogP contribution in [0.25, 0.3) is 0 Å². The fourth-order valence-corrected chi connectivity index (χ4v) is 8.24. The third-order valence-corrected chi connectivity index (χ3v) is 9.36. The van der Waals surface area contributed by atoms with Crippen molar-refractivity contribution in [1.82, 2.24) is 4.31 Å². The van der Waals surface area contributed by atoms with E-state index >= 15 is 0 Å². The molecule has 0 N–H and O–H groups in total. The van der Waals surface area contributed by atoms with Crippen molar-refractivity contribution < 1.29 is 13.2 Å². The van der Waals surface area contributed by atoms with Crippen LogP contribution in [0.15, 0.2) is 36.0 Å². The molecule has 3 rings (SSSR count). The Morgan fingerprint density at radius 1 is 1.07 bits per heavy atom. The van der Waals surface area contributed by atoms with Crippen LogP contribution in [0.3, 0.4) is 0 Å². The van der Waals surface area contributed by atoms with E-state index in [0.717, 1.165) is 44.9 Å². The number of hydrogen-bond donors (Lipinski definition) is 0. The first-order chi connectivity index (χ1) is 13.1. The highest BCUT2D eigenvalue weighted by atomic mass is 32.2. The van der Waals surface area contributed by atoms with E-state index in [1.165, 1.54) is 16.0 Å². The fraction of sp³-hybridized carbons (Fsp3) is 0.696. The van der Waals surface area contributed by atoms with Crippen molar-refractivity contribution in [3.05, 3.63) is 36.0 Å². The molecule has 3 fully saturated rings. The molecule has 3 aliphatic rings. The Morgan fingerprint density at radius 2 is 1.71 bits per heavy atom. The van der Waals surface area contributed by atoms with E-state index in [4.69, 9.17) is 0 Å². The smallest absolute Gasteiger partial charge is 0.259 e. The molecular weight excluding hydrogens is 370 g/mol. The summed E-state index contributed by atoms with van der Waals surface area (Å²) < 4.78 is 26.9. The quantitative estimate of drug-likeness (QED) is 0.340. The van der Waals surface area contributed by atoms with Gasteiger partial charge in [-0.2, -0.15) is 0 Å². The second kappa shape index (κ2) is 7.81. The molecule has 0 aromatic rings. The predicted octanol–water partition coefficient (Wildman–Crippen LogP) is 4.99. The number of hydrogen-bond acceptors (Lipinski definition) is 3. The second-order valence-corrected chi connectivity index (χ2v) is 11.4. The SMILES string of the molecule is CC(C)=CCC/C=C/CC/C=C/C(=O)N1[C@@H]2C[C@@H]3CC[C@@]2(CS1(=O)=O)C3(C)C. The lowest BCUT2D eigenvalue weighted by Gasteiger charge is -2.36. The van der Waals surface area contributed by atoms with E-state index in [0.29, 0.717) is 5.92 Å². The molecule has 2 bridgehead atoms. The molecule has 2 aliphatic carbocycles. The van der Waals surface area contributed by atoms with Gasteiger partial charge < -0.3 is 0 Å². The third-order valence-electron chi connectivity index (χ3n) is 7.44. The highest BCUT2D eigenvalue weighted by Crippen LogP contribution is 2.69. The maximum absolute atomic E-state index is 12.8. The Labute approximate surface area is 170 Å². The maximum atomic E-state index is 12.8. The van der Waals surface area contributed by atoms with Crippen molar-refractivity contribution in [3.63, 3.8) is 0 Å². The van der Waals surface area contributed by atoms with Crippen molar-refractivity contribution in [2.75, 3.05) is 5.75 Å². The zero-order chi connectivity index (χ0) is 20.6. The van der Waals surface area contributed by atoms with Gasteiger partial charge in [0, 0.05) is 11.5 Å². The zero-order valence-corrected chi connectivity index (χ0v) is 18.6. The lowest BCUT2D eigenvalue weighted by molar-refractivity contribution is -0.124. The molecule has 2 saturated carbocycles. The van der Waals surface area contributed by atoms with Crippen LogP contribution in [0.4, 0.5) is 0 Å². The van der Waals surface area contributed by atoms with Gasteiger partial charge in [0.15, 0.2) is 0 Å². The van der Waals surface area contributed by atoms with Crippen LogP contribution in [0.1, 0.15) is 72.6 Å². The molecule has 1 amide bonds. The minimum atomic E-state index is -3.51. The van der Waals surface area contributed by atoms with E-state index in [1.54, 1.807) is 0 Å². The van der Waals surface area contributed by atoms with Crippen molar-refractivity contribution >= 4 is 15.9 Å². The number of nitrogens with zero attached hydrogens (tertiary/aromatic N) is 1. The van der Waals surface area contributed by atoms with Crippen molar-refractivity contribution in [1.29, 1.82) is 0 Å². The molecular formula is C23H35NO3S. The lowest BCUT2D eigenvalue weighted by atomic mass is 9.69. The van der Waals surface area contributed by atoms with Crippen molar-refractivity contribution in [2.24, 2.45) is 16.7 Å². The first kappa shape index (κ1) is 21.4. The molecule has 4 nitrogen and oxygen atoms in total. The molecule has 156 valence electrons. The third kappa shape index (κ3) is 3.62. The summed E-state index contributed by atoms with van der Waals surface area (Å²) in [6.07, 6.45) is 16.4. The summed E-state index contributed by atoms with van der Waals surface area (Å²) in [7, 11) is -3.51. The van der Waals surface area contributed by atoms with E-state index < -0.39 is 10.0 Å². The molecule has 0 unspecified atom stereocenters. The highest BCUT2D eigenvalue weighted by molar-refractivity contribution is 7.90. The topological polar surface area (TPSA) is 54.5 Å². The normalized spacial score (nSPS) is 32.4. The highest BCUT2D eigenvalue weighted by Gasteiger charge is 2.72. The number of carbonyl (C=O) groups excluding carboxylic acids is 1. The van der Waals surface area contributed by atoms with Crippen molar-refractivity contribution in [2.45, 2.75) is 78.7 Å². The largest absolute Gasteiger partial charge is 0.269 e. The number of amides is 1. The summed E-state index contributed by atoms with van der Waals surface area (Å²) in [4.78, 5) is 12.8. The molecule has 3 atom stereocenters. The van der Waals surface area contributed by atoms with Gasteiger partial charge >= 0.3 is 0 Å². The number of unbranched alkanes of at least 4 members (excludes halogenated alkanes) is 2. The zero-order valence-electron chi connectivity index (χ0n) is 17.8. The monoisotopic (exact) mass is 405 g/mol. The molecule has 0 radical (unpaired) electrons. The van der Waals surface area contributed by atoms with Gasteiger partial charge in [-0.3, -0.25) is 4.79 Å². The van der Waals surface area contributed by atoms with E-state index in [2.05, 4.69) is 45.9 Å². The van der Waals surface area contributed by atoms with Gasteiger partial charge in [-0.1, -0.05) is 43.7 Å². The first-order valence-electron chi connectivity index (χ1n) is 10.6. The Balaban J connectivity index is 1.56. The second-order valence-electron chi connectivity index (χ2n) is 9.57. The molecule has 1 heterocycles. The average molecular weight is 406 g/mol. The van der Waals surface area contributed by atoms with Gasteiger partial charge in [0.1, 0.15) is 0 Å². The van der Waals surface area contributed by atoms with E-state index in [-0.39, 0.29) is 28.5 Å². The van der Waals surface area contributed by atoms with Crippen molar-refractivity contribution in [3.8, 4) is 0 Å². The summed E-state index contributed by atoms with van der Waals surface area (Å²) in [6.45, 7) is 8.61. The van der Waals surface area contributed by atoms with E-state index in [9.17, 15) is 13.2 Å². The lowest BCUT2D eigenvalue weighted by Crippen LogP contribution is -2.43. The average Bonchev–Trinajstić information content (AvgIpc) is 3.07. The summed E-state index contributed by atoms with van der Waals surface area (Å²) in [5.41, 5.74) is 1.10. The Bertz CT molecular complexity index is 802. The minimum absolute atomic E-state index is 0.000218. The van der Waals surface area contributed by atoms with Crippen LogP contribution in [-0.4, -0.2) is 30.4 Å². The van der Waals surface area contributed by atoms with Gasteiger partial charge in [0.05, 0.1) is 11.8 Å². The van der Waals surface area contributed by atoms with Crippen LogP contribution in [0.5, 0.6) is 0 Å². The molecule has 1 spiro atoms. The molecule has 1 saturated heterocycles. The molecule has 1 aliphatic heterocycles. The van der Waals surface area contributed by atoms with Crippen LogP contribution in [0, 0.1) is 16.7 Å². The molecule has 5 heteroatoms. The number of sulfonamides is 1. The molecule has 0 aromatic carbocycles. The van der Waals surface area contributed by atoms with Gasteiger partial charge in [0.2, 0.25) is 10.0 Å². The number of rotatable bonds is 7. The molecule has 28 heavy (non-hydrogen) atoms. The fourth-order valence-electron chi connectivity index (χ4n) is 5.73. The van der Waals surface area contributed by atoms with Gasteiger partial charge in [-0.05, 0) is 70.1 Å². The summed E-state index contributed by atoms with van der Waals surface area (Å²) in [6, 6.07) is -0.140. The Morgan fingerprint density at radius 3 is 2.36 bits per heavy atom.